The first kappa shape index (κ1) is 14.1. The molecule has 8 nitrogen and oxygen atoms in total. The van der Waals surface area contributed by atoms with Gasteiger partial charge in [-0.1, -0.05) is 17.8 Å². The van der Waals surface area contributed by atoms with Crippen molar-refractivity contribution < 1.29 is 0 Å². The fourth-order valence-electron chi connectivity index (χ4n) is 3.25. The third-order valence-corrected chi connectivity index (χ3v) is 5.91. The molecule has 24 heavy (non-hydrogen) atoms. The predicted octanol–water partition coefficient (Wildman–Crippen LogP) is 1.57. The van der Waals surface area contributed by atoms with Crippen LogP contribution in [0.1, 0.15) is 31.0 Å². The van der Waals surface area contributed by atoms with Crippen molar-refractivity contribution in [3.05, 3.63) is 23.5 Å². The Labute approximate surface area is 143 Å². The van der Waals surface area contributed by atoms with E-state index in [0.717, 1.165) is 35.5 Å². The summed E-state index contributed by atoms with van der Waals surface area (Å²) in [6, 6.07) is 4.50. The number of rotatable bonds is 4. The van der Waals surface area contributed by atoms with E-state index in [9.17, 15) is 0 Å². The fourth-order valence-corrected chi connectivity index (χ4v) is 3.85. The second-order valence-electron chi connectivity index (χ2n) is 6.54. The summed E-state index contributed by atoms with van der Waals surface area (Å²) in [5, 5.41) is 22.4. The van der Waals surface area contributed by atoms with Crippen molar-refractivity contribution in [3.63, 3.8) is 0 Å². The van der Waals surface area contributed by atoms with Crippen molar-refractivity contribution in [2.24, 2.45) is 0 Å². The highest BCUT2D eigenvalue weighted by molar-refractivity contribution is 7.13. The van der Waals surface area contributed by atoms with Gasteiger partial charge in [-0.25, -0.2) is 0 Å². The Morgan fingerprint density at radius 1 is 1.17 bits per heavy atom. The molecule has 3 aromatic rings. The zero-order chi connectivity index (χ0) is 16.1. The predicted molar refractivity (Wildman–Crippen MR) is 91.7 cm³/mol. The summed E-state index contributed by atoms with van der Waals surface area (Å²) in [5.41, 5.74) is 2.61. The van der Waals surface area contributed by atoms with Gasteiger partial charge in [0, 0.05) is 26.1 Å². The molecule has 0 spiro atoms. The van der Waals surface area contributed by atoms with Crippen LogP contribution < -0.4 is 9.80 Å². The number of aromatic nitrogens is 6. The van der Waals surface area contributed by atoms with Crippen molar-refractivity contribution in [2.75, 3.05) is 29.9 Å². The first-order valence-corrected chi connectivity index (χ1v) is 9.14. The monoisotopic (exact) mass is 342 g/mol. The van der Waals surface area contributed by atoms with Gasteiger partial charge in [0.1, 0.15) is 11.3 Å². The van der Waals surface area contributed by atoms with Crippen LogP contribution in [0, 0.1) is 0 Å². The number of hydrogen-bond acceptors (Lipinski definition) is 8. The van der Waals surface area contributed by atoms with Gasteiger partial charge in [-0.05, 0) is 25.0 Å². The van der Waals surface area contributed by atoms with E-state index in [2.05, 4.69) is 37.2 Å². The quantitative estimate of drug-likeness (QED) is 0.712. The van der Waals surface area contributed by atoms with Crippen molar-refractivity contribution in [2.45, 2.75) is 31.2 Å². The summed E-state index contributed by atoms with van der Waals surface area (Å²) in [4.78, 5) is 4.48. The number of hydrogen-bond donors (Lipinski definition) is 0. The largest absolute Gasteiger partial charge is 0.351 e. The lowest BCUT2D eigenvalue weighted by Crippen LogP contribution is -2.59. The topological polar surface area (TPSA) is 75.3 Å². The van der Waals surface area contributed by atoms with E-state index in [1.54, 1.807) is 16.8 Å². The van der Waals surface area contributed by atoms with Gasteiger partial charge >= 0.3 is 0 Å². The molecule has 0 radical (unpaired) electrons. The highest BCUT2D eigenvalue weighted by Gasteiger charge is 2.33. The summed E-state index contributed by atoms with van der Waals surface area (Å²) in [5.74, 6) is 2.53. The number of nitrogens with zero attached hydrogens (tertiary/aromatic N) is 8. The SMILES string of the molecule is CN(c1nncs1)C1CN(c2ccc3nnc(C4CCC4)n3n2)C1. The molecule has 0 atom stereocenters. The van der Waals surface area contributed by atoms with Crippen LogP contribution in [-0.2, 0) is 0 Å². The zero-order valence-electron chi connectivity index (χ0n) is 13.4. The molecule has 4 heterocycles. The summed E-state index contributed by atoms with van der Waals surface area (Å²) >= 11 is 1.57. The molecule has 1 saturated heterocycles. The molecule has 1 saturated carbocycles. The Morgan fingerprint density at radius 3 is 2.75 bits per heavy atom. The molecule has 124 valence electrons. The second kappa shape index (κ2) is 5.37. The van der Waals surface area contributed by atoms with E-state index in [4.69, 9.17) is 5.10 Å². The number of anilines is 2. The molecular weight excluding hydrogens is 324 g/mol. The van der Waals surface area contributed by atoms with Crippen LogP contribution in [0.5, 0.6) is 0 Å². The van der Waals surface area contributed by atoms with Crippen LogP contribution in [0.2, 0.25) is 0 Å². The molecule has 0 N–H and O–H groups in total. The molecule has 2 fully saturated rings. The smallest absolute Gasteiger partial charge is 0.208 e. The van der Waals surface area contributed by atoms with Gasteiger partial charge in [-0.2, -0.15) is 4.52 Å². The molecular formula is C15H18N8S. The minimum atomic E-state index is 0.447. The van der Waals surface area contributed by atoms with Crippen LogP contribution in [-0.4, -0.2) is 56.2 Å². The van der Waals surface area contributed by atoms with E-state index in [1.807, 2.05) is 16.6 Å². The molecule has 3 aromatic heterocycles. The normalized spacial score (nSPS) is 18.6. The van der Waals surface area contributed by atoms with Gasteiger partial charge in [-0.3, -0.25) is 0 Å². The van der Waals surface area contributed by atoms with Crippen LogP contribution >= 0.6 is 11.3 Å². The maximum atomic E-state index is 4.79. The number of likely N-dealkylation sites (N-methyl/N-ethyl adjacent to an activating group) is 1. The molecule has 9 heteroatoms. The van der Waals surface area contributed by atoms with Crippen LogP contribution in [0.3, 0.4) is 0 Å². The van der Waals surface area contributed by atoms with Gasteiger partial charge in [0.15, 0.2) is 11.5 Å². The van der Waals surface area contributed by atoms with Gasteiger partial charge in [0.25, 0.3) is 0 Å². The summed E-state index contributed by atoms with van der Waals surface area (Å²) in [7, 11) is 2.08. The van der Waals surface area contributed by atoms with Crippen LogP contribution in [0.4, 0.5) is 10.9 Å². The van der Waals surface area contributed by atoms with Crippen LogP contribution in [0.25, 0.3) is 5.65 Å². The highest BCUT2D eigenvalue weighted by atomic mass is 32.1. The maximum Gasteiger partial charge on any atom is 0.208 e. The molecule has 0 unspecified atom stereocenters. The molecule has 2 aliphatic rings. The lowest BCUT2D eigenvalue weighted by atomic mass is 9.85. The summed E-state index contributed by atoms with van der Waals surface area (Å²) in [6.07, 6.45) is 3.68. The lowest BCUT2D eigenvalue weighted by molar-refractivity contribution is 0.394. The van der Waals surface area contributed by atoms with E-state index < -0.39 is 0 Å². The summed E-state index contributed by atoms with van der Waals surface area (Å²) < 4.78 is 1.93. The number of fused-ring (bicyclic) bond motifs is 1. The third kappa shape index (κ3) is 2.15. The van der Waals surface area contributed by atoms with Gasteiger partial charge in [0.05, 0.1) is 6.04 Å². The molecule has 1 aliphatic carbocycles. The Balaban J connectivity index is 1.34. The van der Waals surface area contributed by atoms with E-state index >= 15 is 0 Å². The standard InChI is InChI=1S/C15H18N8S/c1-21(15-19-16-9-24-15)11-7-22(8-11)13-6-5-12-17-18-14(23(12)20-13)10-3-2-4-10/h5-6,9-11H,2-4,7-8H2,1H3. The van der Waals surface area contributed by atoms with E-state index in [0.29, 0.717) is 12.0 Å². The van der Waals surface area contributed by atoms with Crippen molar-refractivity contribution in [1.82, 2.24) is 30.0 Å². The Bertz CT molecular complexity index is 850. The van der Waals surface area contributed by atoms with E-state index in [-0.39, 0.29) is 0 Å². The Kier molecular flexibility index (Phi) is 3.15. The Hall–Kier alpha value is -2.29. The molecule has 1 aliphatic heterocycles. The first-order valence-electron chi connectivity index (χ1n) is 8.26. The maximum absolute atomic E-state index is 4.79. The van der Waals surface area contributed by atoms with E-state index in [1.165, 1.54) is 19.3 Å². The van der Waals surface area contributed by atoms with Gasteiger partial charge in [-0.15, -0.1) is 25.5 Å². The van der Waals surface area contributed by atoms with Gasteiger partial charge in [0.2, 0.25) is 5.13 Å². The lowest BCUT2D eigenvalue weighted by Gasteiger charge is -2.44. The highest BCUT2D eigenvalue weighted by Crippen LogP contribution is 2.35. The fraction of sp³-hybridized carbons (Fsp3) is 0.533. The van der Waals surface area contributed by atoms with Crippen molar-refractivity contribution in [1.29, 1.82) is 0 Å². The van der Waals surface area contributed by atoms with Crippen molar-refractivity contribution >= 4 is 27.9 Å². The minimum absolute atomic E-state index is 0.447. The Morgan fingerprint density at radius 2 is 2.04 bits per heavy atom. The molecule has 0 bridgehead atoms. The average Bonchev–Trinajstić information content (AvgIpc) is 3.14. The van der Waals surface area contributed by atoms with Crippen molar-refractivity contribution in [3.8, 4) is 0 Å². The summed E-state index contributed by atoms with van der Waals surface area (Å²) in [6.45, 7) is 1.88. The minimum Gasteiger partial charge on any atom is -0.351 e. The van der Waals surface area contributed by atoms with Crippen LogP contribution in [0.15, 0.2) is 17.6 Å². The first-order chi connectivity index (χ1) is 11.8. The zero-order valence-corrected chi connectivity index (χ0v) is 14.2. The van der Waals surface area contributed by atoms with Gasteiger partial charge < -0.3 is 9.80 Å². The molecule has 0 amide bonds. The molecule has 5 rings (SSSR count). The average molecular weight is 342 g/mol. The third-order valence-electron chi connectivity index (χ3n) is 5.13. The molecule has 0 aromatic carbocycles. The second-order valence-corrected chi connectivity index (χ2v) is 7.35.